The minimum absolute atomic E-state index is 0.382. The van der Waals surface area contributed by atoms with Crippen LogP contribution in [0.15, 0.2) is 42.6 Å². The van der Waals surface area contributed by atoms with Gasteiger partial charge < -0.3 is 11.1 Å². The monoisotopic (exact) mass is 253 g/mol. The number of hydrogen-bond donors (Lipinski definition) is 2. The molecule has 6 heteroatoms. The first kappa shape index (κ1) is 12.2. The first-order valence-corrected chi connectivity index (χ1v) is 5.11. The van der Waals surface area contributed by atoms with E-state index in [0.717, 1.165) is 12.1 Å². The smallest absolute Gasteiger partial charge is 0.384 e. The molecule has 1 aromatic heterocycles. The van der Waals surface area contributed by atoms with Crippen molar-refractivity contribution in [3.8, 4) is 0 Å². The molecule has 0 spiro atoms. The Labute approximate surface area is 101 Å². The van der Waals surface area contributed by atoms with Gasteiger partial charge in [-0.05, 0) is 36.4 Å². The van der Waals surface area contributed by atoms with Crippen molar-refractivity contribution in [3.63, 3.8) is 0 Å². The van der Waals surface area contributed by atoms with Crippen LogP contribution in [-0.2, 0) is 6.18 Å². The van der Waals surface area contributed by atoms with E-state index in [0.29, 0.717) is 17.2 Å². The molecule has 0 amide bonds. The number of alkyl halides is 3. The molecule has 2 aromatic rings. The predicted octanol–water partition coefficient (Wildman–Crippen LogP) is 3.43. The fraction of sp³-hybridized carbons (Fsp3) is 0.0833. The predicted molar refractivity (Wildman–Crippen MR) is 63.4 cm³/mol. The quantitative estimate of drug-likeness (QED) is 0.862. The van der Waals surface area contributed by atoms with Gasteiger partial charge in [0.25, 0.3) is 0 Å². The maximum Gasteiger partial charge on any atom is 0.416 e. The number of pyridine rings is 1. The molecule has 3 nitrogen and oxygen atoms in total. The second kappa shape index (κ2) is 4.56. The van der Waals surface area contributed by atoms with E-state index in [4.69, 9.17) is 5.73 Å². The molecule has 0 aliphatic heterocycles. The van der Waals surface area contributed by atoms with Gasteiger partial charge in [-0.1, -0.05) is 0 Å². The fourth-order valence-corrected chi connectivity index (χ4v) is 1.39. The van der Waals surface area contributed by atoms with Crippen molar-refractivity contribution in [2.24, 2.45) is 0 Å². The van der Waals surface area contributed by atoms with Crippen LogP contribution in [0.25, 0.3) is 0 Å². The standard InChI is InChI=1S/C12H10F3N3/c13-12(14,15)8-1-3-9(4-2-8)18-10-5-6-11(16)17-7-10/h1-7,18H,(H2,16,17). The Balaban J connectivity index is 2.13. The van der Waals surface area contributed by atoms with E-state index in [-0.39, 0.29) is 0 Å². The van der Waals surface area contributed by atoms with Crippen molar-refractivity contribution in [2.45, 2.75) is 6.18 Å². The summed E-state index contributed by atoms with van der Waals surface area (Å²) in [6, 6.07) is 8.06. The molecule has 18 heavy (non-hydrogen) atoms. The summed E-state index contributed by atoms with van der Waals surface area (Å²) in [5, 5.41) is 2.92. The van der Waals surface area contributed by atoms with Crippen LogP contribution in [0, 0.1) is 0 Å². The molecule has 0 aliphatic carbocycles. The average molecular weight is 253 g/mol. The molecule has 0 radical (unpaired) electrons. The lowest BCUT2D eigenvalue weighted by molar-refractivity contribution is -0.137. The molecular weight excluding hydrogens is 243 g/mol. The molecule has 0 atom stereocenters. The minimum atomic E-state index is -4.32. The van der Waals surface area contributed by atoms with E-state index in [1.807, 2.05) is 0 Å². The summed E-state index contributed by atoms with van der Waals surface area (Å²) < 4.78 is 37.0. The van der Waals surface area contributed by atoms with Gasteiger partial charge in [-0.25, -0.2) is 4.98 Å². The number of nitrogens with two attached hydrogens (primary N) is 1. The summed E-state index contributed by atoms with van der Waals surface area (Å²) in [4.78, 5) is 3.87. The third-order valence-electron chi connectivity index (χ3n) is 2.29. The largest absolute Gasteiger partial charge is 0.416 e. The molecular formula is C12H10F3N3. The third kappa shape index (κ3) is 2.91. The highest BCUT2D eigenvalue weighted by molar-refractivity contribution is 5.59. The fourth-order valence-electron chi connectivity index (χ4n) is 1.39. The van der Waals surface area contributed by atoms with Gasteiger partial charge in [-0.2, -0.15) is 13.2 Å². The summed E-state index contributed by atoms with van der Waals surface area (Å²) in [5.41, 5.74) is 5.95. The van der Waals surface area contributed by atoms with Crippen LogP contribution in [0.4, 0.5) is 30.4 Å². The van der Waals surface area contributed by atoms with Crippen LogP contribution in [0.5, 0.6) is 0 Å². The van der Waals surface area contributed by atoms with Crippen molar-refractivity contribution < 1.29 is 13.2 Å². The summed E-state index contributed by atoms with van der Waals surface area (Å²) in [7, 11) is 0. The maximum absolute atomic E-state index is 12.3. The zero-order valence-corrected chi connectivity index (χ0v) is 9.20. The molecule has 1 aromatic carbocycles. The van der Waals surface area contributed by atoms with Gasteiger partial charge in [0.15, 0.2) is 0 Å². The van der Waals surface area contributed by atoms with Crippen LogP contribution >= 0.6 is 0 Å². The SMILES string of the molecule is Nc1ccc(Nc2ccc(C(F)(F)F)cc2)cn1. The molecule has 2 rings (SSSR count). The second-order valence-corrected chi connectivity index (χ2v) is 3.67. The molecule has 0 unspecified atom stereocenters. The van der Waals surface area contributed by atoms with E-state index >= 15 is 0 Å². The normalized spacial score (nSPS) is 11.3. The number of hydrogen-bond acceptors (Lipinski definition) is 3. The van der Waals surface area contributed by atoms with Crippen LogP contribution in [-0.4, -0.2) is 4.98 Å². The number of halogens is 3. The van der Waals surface area contributed by atoms with Gasteiger partial charge in [-0.3, -0.25) is 0 Å². The van der Waals surface area contributed by atoms with Crippen molar-refractivity contribution in [1.29, 1.82) is 0 Å². The molecule has 3 N–H and O–H groups in total. The highest BCUT2D eigenvalue weighted by Gasteiger charge is 2.29. The van der Waals surface area contributed by atoms with Crippen LogP contribution in [0.2, 0.25) is 0 Å². The topological polar surface area (TPSA) is 50.9 Å². The first-order chi connectivity index (χ1) is 8.45. The van der Waals surface area contributed by atoms with Gasteiger partial charge in [0.2, 0.25) is 0 Å². The number of benzene rings is 1. The number of rotatable bonds is 2. The Hall–Kier alpha value is -2.24. The Morgan fingerprint density at radius 3 is 2.06 bits per heavy atom. The molecule has 0 aliphatic rings. The van der Waals surface area contributed by atoms with Gasteiger partial charge in [0.05, 0.1) is 17.4 Å². The maximum atomic E-state index is 12.3. The number of nitrogens with zero attached hydrogens (tertiary/aromatic N) is 1. The first-order valence-electron chi connectivity index (χ1n) is 5.11. The lowest BCUT2D eigenvalue weighted by Crippen LogP contribution is -2.04. The summed E-state index contributed by atoms with van der Waals surface area (Å²) >= 11 is 0. The van der Waals surface area contributed by atoms with Gasteiger partial charge in [0.1, 0.15) is 5.82 Å². The summed E-state index contributed by atoms with van der Waals surface area (Å²) in [6.45, 7) is 0. The molecule has 0 saturated heterocycles. The molecule has 1 heterocycles. The molecule has 0 saturated carbocycles. The van der Waals surface area contributed by atoms with E-state index in [1.54, 1.807) is 12.1 Å². The number of aromatic nitrogens is 1. The van der Waals surface area contributed by atoms with E-state index in [2.05, 4.69) is 10.3 Å². The lowest BCUT2D eigenvalue weighted by atomic mass is 10.2. The van der Waals surface area contributed by atoms with Crippen LogP contribution in [0.1, 0.15) is 5.56 Å². The average Bonchev–Trinajstić information content (AvgIpc) is 2.32. The van der Waals surface area contributed by atoms with Gasteiger partial charge in [-0.15, -0.1) is 0 Å². The molecule has 94 valence electrons. The van der Waals surface area contributed by atoms with E-state index in [9.17, 15) is 13.2 Å². The zero-order chi connectivity index (χ0) is 13.2. The van der Waals surface area contributed by atoms with Gasteiger partial charge in [0, 0.05) is 5.69 Å². The van der Waals surface area contributed by atoms with Crippen molar-refractivity contribution in [2.75, 3.05) is 11.1 Å². The Morgan fingerprint density at radius 1 is 0.944 bits per heavy atom. The number of nitrogens with one attached hydrogen (secondary N) is 1. The van der Waals surface area contributed by atoms with Gasteiger partial charge >= 0.3 is 6.18 Å². The van der Waals surface area contributed by atoms with E-state index < -0.39 is 11.7 Å². The summed E-state index contributed by atoms with van der Waals surface area (Å²) in [6.07, 6.45) is -2.81. The highest BCUT2D eigenvalue weighted by atomic mass is 19.4. The lowest BCUT2D eigenvalue weighted by Gasteiger charge is -2.09. The Kier molecular flexibility index (Phi) is 3.10. The summed E-state index contributed by atoms with van der Waals surface area (Å²) in [5.74, 6) is 0.382. The number of nitrogen functional groups attached to an aromatic ring is 1. The van der Waals surface area contributed by atoms with Crippen molar-refractivity contribution >= 4 is 17.2 Å². The zero-order valence-electron chi connectivity index (χ0n) is 9.20. The second-order valence-electron chi connectivity index (χ2n) is 3.67. The molecule has 0 fully saturated rings. The van der Waals surface area contributed by atoms with E-state index in [1.165, 1.54) is 18.3 Å². The minimum Gasteiger partial charge on any atom is -0.384 e. The van der Waals surface area contributed by atoms with Crippen molar-refractivity contribution in [1.82, 2.24) is 4.98 Å². The third-order valence-corrected chi connectivity index (χ3v) is 2.29. The highest BCUT2D eigenvalue weighted by Crippen LogP contribution is 2.30. The van der Waals surface area contributed by atoms with Crippen molar-refractivity contribution in [3.05, 3.63) is 48.2 Å². The Morgan fingerprint density at radius 2 is 1.56 bits per heavy atom. The van der Waals surface area contributed by atoms with Crippen LogP contribution < -0.4 is 11.1 Å². The van der Waals surface area contributed by atoms with Crippen LogP contribution in [0.3, 0.4) is 0 Å². The molecule has 0 bridgehead atoms. The Bertz CT molecular complexity index is 518. The number of anilines is 3.